The van der Waals surface area contributed by atoms with Gasteiger partial charge in [-0.2, -0.15) is 5.10 Å². The van der Waals surface area contributed by atoms with Crippen LogP contribution < -0.4 is 4.74 Å². The predicted molar refractivity (Wildman–Crippen MR) is 78.5 cm³/mol. The molecule has 0 amide bonds. The van der Waals surface area contributed by atoms with Gasteiger partial charge in [-0.1, -0.05) is 12.1 Å². The molecule has 0 atom stereocenters. The third-order valence-electron chi connectivity index (χ3n) is 3.97. The number of hydrogen-bond donors (Lipinski definition) is 0. The molecule has 0 bridgehead atoms. The summed E-state index contributed by atoms with van der Waals surface area (Å²) in [5.74, 6) is 0.0809. The zero-order valence-corrected chi connectivity index (χ0v) is 12.2. The van der Waals surface area contributed by atoms with E-state index in [0.717, 1.165) is 32.5 Å². The fourth-order valence-corrected chi connectivity index (χ4v) is 2.69. The summed E-state index contributed by atoms with van der Waals surface area (Å²) in [7, 11) is 1.96. The highest BCUT2D eigenvalue weighted by molar-refractivity contribution is 5.23. The van der Waals surface area contributed by atoms with Crippen LogP contribution >= 0.6 is 0 Å². The lowest BCUT2D eigenvalue weighted by atomic mass is 10.1. The molecule has 0 N–H and O–H groups in total. The molecule has 2 aromatic rings. The summed E-state index contributed by atoms with van der Waals surface area (Å²) in [6.45, 7) is 2.83. The van der Waals surface area contributed by atoms with Crippen molar-refractivity contribution in [1.29, 1.82) is 0 Å². The summed E-state index contributed by atoms with van der Waals surface area (Å²) in [6, 6.07) is 8.65. The fourth-order valence-electron chi connectivity index (χ4n) is 2.69. The van der Waals surface area contributed by atoms with Gasteiger partial charge < -0.3 is 4.74 Å². The van der Waals surface area contributed by atoms with Crippen LogP contribution in [0.2, 0.25) is 0 Å². The van der Waals surface area contributed by atoms with Gasteiger partial charge in [-0.05, 0) is 31.0 Å². The van der Waals surface area contributed by atoms with E-state index in [9.17, 15) is 4.39 Å². The number of halogens is 1. The molecule has 1 aromatic carbocycles. The molecule has 1 aliphatic rings. The molecule has 1 aromatic heterocycles. The number of benzene rings is 1. The van der Waals surface area contributed by atoms with E-state index in [2.05, 4.69) is 10.00 Å². The largest absolute Gasteiger partial charge is 0.487 e. The average molecular weight is 289 g/mol. The maximum absolute atomic E-state index is 13.6. The van der Waals surface area contributed by atoms with Crippen molar-refractivity contribution in [1.82, 2.24) is 14.7 Å². The lowest BCUT2D eigenvalue weighted by molar-refractivity contribution is 0.0923. The second kappa shape index (κ2) is 6.26. The molecule has 5 heteroatoms. The number of piperidine rings is 1. The van der Waals surface area contributed by atoms with E-state index < -0.39 is 0 Å². The van der Waals surface area contributed by atoms with Crippen molar-refractivity contribution in [2.24, 2.45) is 7.05 Å². The van der Waals surface area contributed by atoms with Crippen LogP contribution in [0.5, 0.6) is 5.75 Å². The van der Waals surface area contributed by atoms with Gasteiger partial charge in [0.25, 0.3) is 0 Å². The minimum absolute atomic E-state index is 0.102. The lowest BCUT2D eigenvalue weighted by Gasteiger charge is -2.32. The number of aromatic nitrogens is 2. The Bertz CT molecular complexity index is 591. The Kier molecular flexibility index (Phi) is 4.20. The molecule has 4 nitrogen and oxygen atoms in total. The van der Waals surface area contributed by atoms with Gasteiger partial charge in [-0.15, -0.1) is 0 Å². The van der Waals surface area contributed by atoms with Crippen molar-refractivity contribution in [3.63, 3.8) is 0 Å². The number of rotatable bonds is 4. The molecular weight excluding hydrogens is 269 g/mol. The normalized spacial score (nSPS) is 17.0. The first kappa shape index (κ1) is 14.1. The summed E-state index contributed by atoms with van der Waals surface area (Å²) in [4.78, 5) is 2.39. The van der Waals surface area contributed by atoms with E-state index in [-0.39, 0.29) is 11.9 Å². The Morgan fingerprint density at radius 1 is 1.24 bits per heavy atom. The molecule has 21 heavy (non-hydrogen) atoms. The van der Waals surface area contributed by atoms with Crippen LogP contribution in [0.25, 0.3) is 0 Å². The zero-order valence-electron chi connectivity index (χ0n) is 12.2. The van der Waals surface area contributed by atoms with E-state index in [4.69, 9.17) is 4.74 Å². The van der Waals surface area contributed by atoms with Crippen molar-refractivity contribution in [3.8, 4) is 5.75 Å². The maximum atomic E-state index is 13.6. The molecule has 0 spiro atoms. The number of para-hydroxylation sites is 1. The Morgan fingerprint density at radius 2 is 2.00 bits per heavy atom. The molecular formula is C16H20FN3O. The minimum Gasteiger partial charge on any atom is -0.487 e. The maximum Gasteiger partial charge on any atom is 0.165 e. The minimum atomic E-state index is -0.283. The summed E-state index contributed by atoms with van der Waals surface area (Å²) in [5.41, 5.74) is 1.21. The molecule has 1 saturated heterocycles. The van der Waals surface area contributed by atoms with Crippen LogP contribution in [0.4, 0.5) is 4.39 Å². The standard InChI is InChI=1S/C16H20FN3O/c1-19-13(6-9-18-19)12-20-10-7-14(8-11-20)21-16-5-3-2-4-15(16)17/h2-6,9,14H,7-8,10-12H2,1H3. The highest BCUT2D eigenvalue weighted by atomic mass is 19.1. The van der Waals surface area contributed by atoms with Gasteiger partial charge in [0.1, 0.15) is 6.10 Å². The van der Waals surface area contributed by atoms with Crippen molar-refractivity contribution in [3.05, 3.63) is 48.0 Å². The molecule has 1 aliphatic heterocycles. The van der Waals surface area contributed by atoms with E-state index in [1.165, 1.54) is 11.8 Å². The monoisotopic (exact) mass is 289 g/mol. The Morgan fingerprint density at radius 3 is 2.67 bits per heavy atom. The Labute approximate surface area is 124 Å². The average Bonchev–Trinajstić information content (AvgIpc) is 2.89. The highest BCUT2D eigenvalue weighted by Crippen LogP contribution is 2.22. The first-order valence-electron chi connectivity index (χ1n) is 7.33. The highest BCUT2D eigenvalue weighted by Gasteiger charge is 2.22. The number of hydrogen-bond acceptors (Lipinski definition) is 3. The van der Waals surface area contributed by atoms with Crippen LogP contribution in [0, 0.1) is 5.82 Å². The second-order valence-corrected chi connectivity index (χ2v) is 5.47. The van der Waals surface area contributed by atoms with Crippen LogP contribution in [-0.2, 0) is 13.6 Å². The molecule has 3 rings (SSSR count). The van der Waals surface area contributed by atoms with Gasteiger partial charge >= 0.3 is 0 Å². The smallest absolute Gasteiger partial charge is 0.165 e. The van der Waals surface area contributed by atoms with Crippen molar-refractivity contribution < 1.29 is 9.13 Å². The van der Waals surface area contributed by atoms with E-state index in [0.29, 0.717) is 5.75 Å². The Balaban J connectivity index is 1.51. The van der Waals surface area contributed by atoms with Gasteiger partial charge in [0, 0.05) is 32.9 Å². The number of nitrogens with zero attached hydrogens (tertiary/aromatic N) is 3. The summed E-state index contributed by atoms with van der Waals surface area (Å²) in [5, 5.41) is 4.19. The zero-order chi connectivity index (χ0) is 14.7. The molecule has 0 unspecified atom stereocenters. The van der Waals surface area contributed by atoms with Gasteiger partial charge in [0.05, 0.1) is 5.69 Å². The Hall–Kier alpha value is -1.88. The molecule has 1 fully saturated rings. The number of likely N-dealkylation sites (tertiary alicyclic amines) is 1. The summed E-state index contributed by atoms with van der Waals surface area (Å²) < 4.78 is 21.3. The first-order valence-corrected chi connectivity index (χ1v) is 7.33. The van der Waals surface area contributed by atoms with Gasteiger partial charge in [0.15, 0.2) is 11.6 Å². The number of aryl methyl sites for hydroxylation is 1. The number of ether oxygens (including phenoxy) is 1. The van der Waals surface area contributed by atoms with E-state index in [1.807, 2.05) is 24.0 Å². The summed E-state index contributed by atoms with van der Waals surface area (Å²) in [6.07, 6.45) is 3.77. The molecule has 2 heterocycles. The second-order valence-electron chi connectivity index (χ2n) is 5.47. The van der Waals surface area contributed by atoms with Crippen molar-refractivity contribution >= 4 is 0 Å². The predicted octanol–water partition coefficient (Wildman–Crippen LogP) is 2.60. The molecule has 112 valence electrons. The molecule has 0 saturated carbocycles. The third-order valence-corrected chi connectivity index (χ3v) is 3.97. The molecule has 0 radical (unpaired) electrons. The van der Waals surface area contributed by atoms with Crippen LogP contribution in [0.1, 0.15) is 18.5 Å². The summed E-state index contributed by atoms with van der Waals surface area (Å²) >= 11 is 0. The first-order chi connectivity index (χ1) is 10.2. The quantitative estimate of drug-likeness (QED) is 0.866. The topological polar surface area (TPSA) is 30.3 Å². The van der Waals surface area contributed by atoms with Gasteiger partial charge in [0.2, 0.25) is 0 Å². The van der Waals surface area contributed by atoms with E-state index >= 15 is 0 Å². The third kappa shape index (κ3) is 3.42. The van der Waals surface area contributed by atoms with Gasteiger partial charge in [-0.25, -0.2) is 4.39 Å². The fraction of sp³-hybridized carbons (Fsp3) is 0.438. The van der Waals surface area contributed by atoms with Gasteiger partial charge in [-0.3, -0.25) is 9.58 Å². The van der Waals surface area contributed by atoms with E-state index in [1.54, 1.807) is 18.2 Å². The molecule has 0 aliphatic carbocycles. The van der Waals surface area contributed by atoms with Crippen LogP contribution in [0.15, 0.2) is 36.5 Å². The lowest BCUT2D eigenvalue weighted by Crippen LogP contribution is -2.38. The van der Waals surface area contributed by atoms with Crippen LogP contribution in [-0.4, -0.2) is 33.9 Å². The van der Waals surface area contributed by atoms with Crippen molar-refractivity contribution in [2.45, 2.75) is 25.5 Å². The van der Waals surface area contributed by atoms with Crippen LogP contribution in [0.3, 0.4) is 0 Å². The SMILES string of the molecule is Cn1nccc1CN1CCC(Oc2ccccc2F)CC1. The van der Waals surface area contributed by atoms with Crippen molar-refractivity contribution in [2.75, 3.05) is 13.1 Å².